The second-order valence-electron chi connectivity index (χ2n) is 6.45. The average molecular weight is 408 g/mol. The van der Waals surface area contributed by atoms with E-state index in [1.54, 1.807) is 24.3 Å². The fraction of sp³-hybridized carbons (Fsp3) is 0.0500. The normalized spacial score (nSPS) is 11.5. The minimum absolute atomic E-state index is 0.0660. The highest BCUT2D eigenvalue weighted by Gasteiger charge is 2.19. The molecule has 0 unspecified atom stereocenters. The van der Waals surface area contributed by atoms with Gasteiger partial charge >= 0.3 is 0 Å². The molecule has 0 spiro atoms. The van der Waals surface area contributed by atoms with Crippen LogP contribution in [0.3, 0.4) is 0 Å². The van der Waals surface area contributed by atoms with Gasteiger partial charge in [-0.05, 0) is 36.8 Å². The number of nitrogens with one attached hydrogen (secondary N) is 1. The number of hydrogen-bond acceptors (Lipinski definition) is 5. The van der Waals surface area contributed by atoms with Gasteiger partial charge in [0.15, 0.2) is 0 Å². The average Bonchev–Trinajstić information content (AvgIpc) is 3.14. The Labute approximate surface area is 166 Å². The zero-order valence-corrected chi connectivity index (χ0v) is 16.1. The van der Waals surface area contributed by atoms with E-state index in [9.17, 15) is 18.5 Å². The molecular weight excluding hydrogens is 392 g/mol. The van der Waals surface area contributed by atoms with Crippen LogP contribution in [-0.2, 0) is 10.0 Å². The molecule has 0 saturated heterocycles. The van der Waals surface area contributed by atoms with Crippen molar-refractivity contribution in [2.75, 3.05) is 4.72 Å². The van der Waals surface area contributed by atoms with Gasteiger partial charge in [-0.2, -0.15) is 0 Å². The zero-order chi connectivity index (χ0) is 20.6. The van der Waals surface area contributed by atoms with E-state index in [0.29, 0.717) is 16.9 Å². The van der Waals surface area contributed by atoms with Crippen molar-refractivity contribution in [2.24, 2.45) is 0 Å². The van der Waals surface area contributed by atoms with Crippen LogP contribution < -0.4 is 4.72 Å². The second kappa shape index (κ2) is 7.02. The lowest BCUT2D eigenvalue weighted by Gasteiger charge is -2.11. The maximum absolute atomic E-state index is 12.8. The number of aromatic nitrogens is 2. The van der Waals surface area contributed by atoms with E-state index in [1.165, 1.54) is 12.1 Å². The predicted molar refractivity (Wildman–Crippen MR) is 109 cm³/mol. The smallest absolute Gasteiger partial charge is 0.269 e. The van der Waals surface area contributed by atoms with Gasteiger partial charge in [-0.15, -0.1) is 0 Å². The first kappa shape index (κ1) is 18.6. The maximum atomic E-state index is 12.8. The number of imidazole rings is 1. The van der Waals surface area contributed by atoms with E-state index in [4.69, 9.17) is 0 Å². The predicted octanol–water partition coefficient (Wildman–Crippen LogP) is 4.02. The topological polar surface area (TPSA) is 107 Å². The van der Waals surface area contributed by atoms with Gasteiger partial charge in [0.25, 0.3) is 15.7 Å². The standard InChI is InChI=1S/C20H16N4O4S/c1-14-5-4-12-23-13-19(21-20(14)23)17-6-2-3-7-18(17)22-29(27,28)16-10-8-15(9-11-16)24(25)26/h2-13,22H,1H3. The summed E-state index contributed by atoms with van der Waals surface area (Å²) in [6.45, 7) is 1.95. The molecule has 0 fully saturated rings. The van der Waals surface area contributed by atoms with Crippen LogP contribution in [0.15, 0.2) is 78.0 Å². The van der Waals surface area contributed by atoms with Gasteiger partial charge in [0, 0.05) is 30.1 Å². The quantitative estimate of drug-likeness (QED) is 0.396. The first-order chi connectivity index (χ1) is 13.8. The minimum Gasteiger partial charge on any atom is -0.306 e. The lowest BCUT2D eigenvalue weighted by Crippen LogP contribution is -2.13. The molecule has 8 nitrogen and oxygen atoms in total. The van der Waals surface area contributed by atoms with Crippen LogP contribution >= 0.6 is 0 Å². The van der Waals surface area contributed by atoms with Crippen LogP contribution in [-0.4, -0.2) is 22.7 Å². The number of anilines is 1. The zero-order valence-electron chi connectivity index (χ0n) is 15.3. The van der Waals surface area contributed by atoms with Crippen molar-refractivity contribution >= 4 is 27.0 Å². The number of nitrogens with zero attached hydrogens (tertiary/aromatic N) is 3. The summed E-state index contributed by atoms with van der Waals surface area (Å²) in [7, 11) is -3.93. The number of nitro groups is 1. The molecule has 0 radical (unpaired) electrons. The summed E-state index contributed by atoms with van der Waals surface area (Å²) in [6, 6.07) is 15.5. The Hall–Kier alpha value is -3.72. The van der Waals surface area contributed by atoms with E-state index >= 15 is 0 Å². The first-order valence-corrected chi connectivity index (χ1v) is 10.1. The second-order valence-corrected chi connectivity index (χ2v) is 8.13. The maximum Gasteiger partial charge on any atom is 0.269 e. The van der Waals surface area contributed by atoms with Crippen molar-refractivity contribution in [3.05, 3.63) is 88.7 Å². The van der Waals surface area contributed by atoms with E-state index < -0.39 is 14.9 Å². The molecule has 1 N–H and O–H groups in total. The Morgan fingerprint density at radius 1 is 1.03 bits per heavy atom. The molecule has 4 rings (SSSR count). The summed E-state index contributed by atoms with van der Waals surface area (Å²) >= 11 is 0. The van der Waals surface area contributed by atoms with Crippen molar-refractivity contribution in [1.29, 1.82) is 0 Å². The Bertz CT molecular complexity index is 1330. The number of para-hydroxylation sites is 1. The molecule has 2 heterocycles. The van der Waals surface area contributed by atoms with Gasteiger partial charge in [-0.3, -0.25) is 14.8 Å². The molecule has 0 bridgehead atoms. The van der Waals surface area contributed by atoms with Crippen molar-refractivity contribution in [3.8, 4) is 11.3 Å². The summed E-state index contributed by atoms with van der Waals surface area (Å²) in [5.41, 5.74) is 3.23. The highest BCUT2D eigenvalue weighted by atomic mass is 32.2. The van der Waals surface area contributed by atoms with E-state index in [1.807, 2.05) is 35.9 Å². The van der Waals surface area contributed by atoms with Gasteiger partial charge in [-0.25, -0.2) is 13.4 Å². The van der Waals surface area contributed by atoms with Gasteiger partial charge in [-0.1, -0.05) is 24.3 Å². The van der Waals surface area contributed by atoms with Crippen LogP contribution in [0.4, 0.5) is 11.4 Å². The lowest BCUT2D eigenvalue weighted by molar-refractivity contribution is -0.384. The number of fused-ring (bicyclic) bond motifs is 1. The van der Waals surface area contributed by atoms with E-state index in [0.717, 1.165) is 23.3 Å². The van der Waals surface area contributed by atoms with Crippen LogP contribution in [0, 0.1) is 17.0 Å². The SMILES string of the molecule is Cc1cccn2cc(-c3ccccc3NS(=O)(=O)c3ccc([N+](=O)[O-])cc3)nc12. The van der Waals surface area contributed by atoms with Crippen molar-refractivity contribution in [2.45, 2.75) is 11.8 Å². The van der Waals surface area contributed by atoms with Crippen LogP contribution in [0.25, 0.3) is 16.9 Å². The van der Waals surface area contributed by atoms with Gasteiger partial charge in [0.1, 0.15) is 5.65 Å². The number of hydrogen-bond donors (Lipinski definition) is 1. The lowest BCUT2D eigenvalue weighted by atomic mass is 10.1. The van der Waals surface area contributed by atoms with Crippen LogP contribution in [0.1, 0.15) is 5.56 Å². The molecule has 4 aromatic rings. The number of sulfonamides is 1. The Morgan fingerprint density at radius 3 is 2.45 bits per heavy atom. The molecule has 0 amide bonds. The molecule has 146 valence electrons. The Morgan fingerprint density at radius 2 is 1.76 bits per heavy atom. The molecule has 0 aliphatic carbocycles. The van der Waals surface area contributed by atoms with Crippen LogP contribution in [0.2, 0.25) is 0 Å². The Balaban J connectivity index is 1.72. The van der Waals surface area contributed by atoms with E-state index in [2.05, 4.69) is 9.71 Å². The third kappa shape index (κ3) is 3.55. The third-order valence-corrected chi connectivity index (χ3v) is 5.86. The van der Waals surface area contributed by atoms with Gasteiger partial charge in [0.2, 0.25) is 0 Å². The molecule has 0 saturated carbocycles. The van der Waals surface area contributed by atoms with Gasteiger partial charge in [0.05, 0.1) is 21.2 Å². The largest absolute Gasteiger partial charge is 0.306 e. The molecule has 2 aromatic heterocycles. The fourth-order valence-electron chi connectivity index (χ4n) is 3.03. The first-order valence-electron chi connectivity index (χ1n) is 8.66. The number of rotatable bonds is 5. The molecule has 29 heavy (non-hydrogen) atoms. The van der Waals surface area contributed by atoms with E-state index in [-0.39, 0.29) is 10.6 Å². The highest BCUT2D eigenvalue weighted by Crippen LogP contribution is 2.30. The fourth-order valence-corrected chi connectivity index (χ4v) is 4.11. The number of non-ortho nitro benzene ring substituents is 1. The number of pyridine rings is 1. The minimum atomic E-state index is -3.93. The molecule has 9 heteroatoms. The molecule has 0 atom stereocenters. The summed E-state index contributed by atoms with van der Waals surface area (Å²) < 4.78 is 30.0. The van der Waals surface area contributed by atoms with Crippen molar-refractivity contribution < 1.29 is 13.3 Å². The Kier molecular flexibility index (Phi) is 4.51. The summed E-state index contributed by atoms with van der Waals surface area (Å²) in [6.07, 6.45) is 3.71. The molecule has 0 aliphatic rings. The number of benzene rings is 2. The highest BCUT2D eigenvalue weighted by molar-refractivity contribution is 7.92. The summed E-state index contributed by atoms with van der Waals surface area (Å²) in [5.74, 6) is 0. The number of aryl methyl sites for hydroxylation is 1. The number of nitro benzene ring substituents is 1. The molecule has 0 aliphatic heterocycles. The van der Waals surface area contributed by atoms with Crippen LogP contribution in [0.5, 0.6) is 0 Å². The van der Waals surface area contributed by atoms with Gasteiger partial charge < -0.3 is 4.40 Å². The third-order valence-electron chi connectivity index (χ3n) is 4.48. The summed E-state index contributed by atoms with van der Waals surface area (Å²) in [5, 5.41) is 10.8. The van der Waals surface area contributed by atoms with Crippen molar-refractivity contribution in [3.63, 3.8) is 0 Å². The van der Waals surface area contributed by atoms with Crippen molar-refractivity contribution in [1.82, 2.24) is 9.38 Å². The summed E-state index contributed by atoms with van der Waals surface area (Å²) in [4.78, 5) is 14.8. The molecule has 2 aromatic carbocycles. The monoisotopic (exact) mass is 408 g/mol. The molecular formula is C20H16N4O4S.